The maximum absolute atomic E-state index is 12.0. The average Bonchev–Trinajstić information content (AvgIpc) is 2.69. The number of aryl methyl sites for hydroxylation is 1. The van der Waals surface area contributed by atoms with Crippen molar-refractivity contribution >= 4 is 6.09 Å². The first-order valence-electron chi connectivity index (χ1n) is 6.18. The fourth-order valence-electron chi connectivity index (χ4n) is 1.97. The highest BCUT2D eigenvalue weighted by atomic mass is 16.6. The number of ether oxygens (including phenoxy) is 2. The van der Waals surface area contributed by atoms with Crippen LogP contribution in [0, 0.1) is 6.92 Å². The van der Waals surface area contributed by atoms with Gasteiger partial charge in [-0.2, -0.15) is 4.98 Å². The average molecular weight is 265 g/mol. The molecule has 0 spiro atoms. The Morgan fingerprint density at radius 2 is 1.95 bits per heavy atom. The van der Waals surface area contributed by atoms with Gasteiger partial charge in [0.2, 0.25) is 5.88 Å². The summed E-state index contributed by atoms with van der Waals surface area (Å²) >= 11 is 0. The lowest BCUT2D eigenvalue weighted by atomic mass is 10.2. The minimum Gasteiger partial charge on any atom is -0.481 e. The van der Waals surface area contributed by atoms with Gasteiger partial charge in [0.1, 0.15) is 11.4 Å². The van der Waals surface area contributed by atoms with Crippen molar-refractivity contribution in [1.29, 1.82) is 0 Å². The van der Waals surface area contributed by atoms with E-state index < -0.39 is 5.60 Å². The maximum atomic E-state index is 12.0. The Bertz CT molecular complexity index is 509. The summed E-state index contributed by atoms with van der Waals surface area (Å²) in [5.74, 6) is 1.18. The smallest absolute Gasteiger partial charge is 0.410 e. The molecule has 0 radical (unpaired) electrons. The topological polar surface area (TPSA) is 64.6 Å². The molecule has 2 heterocycles. The van der Waals surface area contributed by atoms with Gasteiger partial charge in [-0.15, -0.1) is 0 Å². The van der Waals surface area contributed by atoms with Crippen molar-refractivity contribution in [3.8, 4) is 5.88 Å². The normalized spacial score (nSPS) is 14.3. The molecule has 1 aromatic rings. The Morgan fingerprint density at radius 3 is 2.53 bits per heavy atom. The van der Waals surface area contributed by atoms with E-state index >= 15 is 0 Å². The molecule has 6 heteroatoms. The molecule has 0 unspecified atom stereocenters. The van der Waals surface area contributed by atoms with E-state index in [4.69, 9.17) is 9.47 Å². The number of rotatable bonds is 1. The van der Waals surface area contributed by atoms with E-state index in [-0.39, 0.29) is 6.09 Å². The van der Waals surface area contributed by atoms with Crippen molar-refractivity contribution in [2.75, 3.05) is 7.11 Å². The largest absolute Gasteiger partial charge is 0.481 e. The molecular weight excluding hydrogens is 246 g/mol. The molecule has 0 aliphatic carbocycles. The summed E-state index contributed by atoms with van der Waals surface area (Å²) in [5, 5.41) is 0. The lowest BCUT2D eigenvalue weighted by molar-refractivity contribution is 0.0240. The molecule has 1 aliphatic rings. The Balaban J connectivity index is 2.18. The quantitative estimate of drug-likeness (QED) is 0.777. The van der Waals surface area contributed by atoms with Crippen LogP contribution < -0.4 is 4.74 Å². The minimum absolute atomic E-state index is 0.342. The standard InChI is InChI=1S/C13H19N3O3/c1-8-14-10-7-16(12(17)19-13(2,3)4)6-9(10)11(15-8)18-5/h6-7H2,1-5H3. The summed E-state index contributed by atoms with van der Waals surface area (Å²) in [6.45, 7) is 8.20. The highest BCUT2D eigenvalue weighted by Gasteiger charge is 2.31. The van der Waals surface area contributed by atoms with Crippen LogP contribution in [0.25, 0.3) is 0 Å². The van der Waals surface area contributed by atoms with Crippen molar-refractivity contribution in [2.45, 2.75) is 46.4 Å². The summed E-state index contributed by atoms with van der Waals surface area (Å²) in [7, 11) is 1.57. The first-order chi connectivity index (χ1) is 8.80. The second kappa shape index (κ2) is 4.68. The van der Waals surface area contributed by atoms with Gasteiger partial charge in [-0.25, -0.2) is 9.78 Å². The number of nitrogens with zero attached hydrogens (tertiary/aromatic N) is 3. The molecule has 19 heavy (non-hydrogen) atoms. The van der Waals surface area contributed by atoms with E-state index in [0.29, 0.717) is 24.8 Å². The molecule has 0 saturated heterocycles. The molecular formula is C13H19N3O3. The molecule has 1 aromatic heterocycles. The van der Waals surface area contributed by atoms with Crippen LogP contribution in [0.4, 0.5) is 4.79 Å². The van der Waals surface area contributed by atoms with E-state index in [2.05, 4.69) is 9.97 Å². The van der Waals surface area contributed by atoms with Crippen molar-refractivity contribution in [3.05, 3.63) is 17.1 Å². The van der Waals surface area contributed by atoms with E-state index in [9.17, 15) is 4.79 Å². The predicted octanol–water partition coefficient (Wildman–Crippen LogP) is 2.04. The fourth-order valence-corrected chi connectivity index (χ4v) is 1.97. The number of methoxy groups -OCH3 is 1. The molecule has 1 aliphatic heterocycles. The maximum Gasteiger partial charge on any atom is 0.410 e. The molecule has 1 amide bonds. The van der Waals surface area contributed by atoms with Crippen molar-refractivity contribution in [1.82, 2.24) is 14.9 Å². The third-order valence-electron chi connectivity index (χ3n) is 2.70. The van der Waals surface area contributed by atoms with Gasteiger partial charge < -0.3 is 9.47 Å². The van der Waals surface area contributed by atoms with E-state index in [1.165, 1.54) is 0 Å². The Kier molecular flexibility index (Phi) is 3.34. The van der Waals surface area contributed by atoms with Crippen LogP contribution >= 0.6 is 0 Å². The summed E-state index contributed by atoms with van der Waals surface area (Å²) in [4.78, 5) is 22.2. The molecule has 0 atom stereocenters. The molecule has 0 saturated carbocycles. The SMILES string of the molecule is COc1nc(C)nc2c1CN(C(=O)OC(C)(C)C)C2. The van der Waals surface area contributed by atoms with Crippen molar-refractivity contribution in [2.24, 2.45) is 0 Å². The summed E-state index contributed by atoms with van der Waals surface area (Å²) in [6, 6.07) is 0. The lowest BCUT2D eigenvalue weighted by Crippen LogP contribution is -2.33. The summed E-state index contributed by atoms with van der Waals surface area (Å²) in [5.41, 5.74) is 1.19. The van der Waals surface area contributed by atoms with Gasteiger partial charge >= 0.3 is 6.09 Å². The third kappa shape index (κ3) is 2.94. The molecule has 2 rings (SSSR count). The zero-order valence-electron chi connectivity index (χ0n) is 12.0. The number of fused-ring (bicyclic) bond motifs is 1. The highest BCUT2D eigenvalue weighted by Crippen LogP contribution is 2.29. The molecule has 104 valence electrons. The van der Waals surface area contributed by atoms with Crippen LogP contribution in [0.3, 0.4) is 0 Å². The van der Waals surface area contributed by atoms with Crippen LogP contribution in [-0.4, -0.2) is 33.7 Å². The van der Waals surface area contributed by atoms with E-state index in [0.717, 1.165) is 11.3 Å². The molecule has 0 aromatic carbocycles. The van der Waals surface area contributed by atoms with Gasteiger partial charge in [-0.3, -0.25) is 4.90 Å². The number of carbonyl (C=O) groups excluding carboxylic acids is 1. The van der Waals surface area contributed by atoms with E-state index in [1.807, 2.05) is 20.8 Å². The zero-order valence-corrected chi connectivity index (χ0v) is 12.0. The summed E-state index contributed by atoms with van der Waals surface area (Å²) in [6.07, 6.45) is -0.342. The van der Waals surface area contributed by atoms with Crippen LogP contribution in [0.1, 0.15) is 37.9 Å². The number of hydrogen-bond acceptors (Lipinski definition) is 5. The van der Waals surface area contributed by atoms with Crippen LogP contribution in [0.2, 0.25) is 0 Å². The fraction of sp³-hybridized carbons (Fsp3) is 0.615. The van der Waals surface area contributed by atoms with Crippen LogP contribution in [-0.2, 0) is 17.8 Å². The summed E-state index contributed by atoms with van der Waals surface area (Å²) < 4.78 is 10.6. The van der Waals surface area contributed by atoms with Crippen molar-refractivity contribution < 1.29 is 14.3 Å². The molecule has 6 nitrogen and oxygen atoms in total. The Labute approximate surface area is 112 Å². The number of hydrogen-bond donors (Lipinski definition) is 0. The first-order valence-corrected chi connectivity index (χ1v) is 6.18. The Morgan fingerprint density at radius 1 is 1.26 bits per heavy atom. The Hall–Kier alpha value is -1.85. The monoisotopic (exact) mass is 265 g/mol. The second-order valence-corrected chi connectivity index (χ2v) is 5.54. The number of amides is 1. The van der Waals surface area contributed by atoms with Crippen molar-refractivity contribution in [3.63, 3.8) is 0 Å². The second-order valence-electron chi connectivity index (χ2n) is 5.54. The molecule has 0 fully saturated rings. The molecule has 0 N–H and O–H groups in total. The van der Waals surface area contributed by atoms with Gasteiger partial charge in [0.25, 0.3) is 0 Å². The van der Waals surface area contributed by atoms with Crippen LogP contribution in [0.15, 0.2) is 0 Å². The van der Waals surface area contributed by atoms with Crippen LogP contribution in [0.5, 0.6) is 5.88 Å². The molecule has 0 bridgehead atoms. The van der Waals surface area contributed by atoms with Gasteiger partial charge in [-0.05, 0) is 27.7 Å². The predicted molar refractivity (Wildman–Crippen MR) is 68.8 cm³/mol. The van der Waals surface area contributed by atoms with Gasteiger partial charge in [-0.1, -0.05) is 0 Å². The zero-order chi connectivity index (χ0) is 14.2. The van der Waals surface area contributed by atoms with Gasteiger partial charge in [0, 0.05) is 0 Å². The number of carbonyl (C=O) groups is 1. The third-order valence-corrected chi connectivity index (χ3v) is 2.70. The lowest BCUT2D eigenvalue weighted by Gasteiger charge is -2.23. The van der Waals surface area contributed by atoms with E-state index in [1.54, 1.807) is 18.9 Å². The minimum atomic E-state index is -0.502. The first kappa shape index (κ1) is 13.6. The highest BCUT2D eigenvalue weighted by molar-refractivity contribution is 5.69. The van der Waals surface area contributed by atoms with Gasteiger partial charge in [0.05, 0.1) is 31.5 Å². The van der Waals surface area contributed by atoms with Gasteiger partial charge in [0.15, 0.2) is 0 Å². The number of aromatic nitrogens is 2.